The second-order valence-electron chi connectivity index (χ2n) is 5.32. The molecule has 6 heteroatoms. The van der Waals surface area contributed by atoms with E-state index in [0.717, 1.165) is 58.0 Å². The first-order valence-corrected chi connectivity index (χ1v) is 7.80. The lowest BCUT2D eigenvalue weighted by atomic mass is 10.1. The fraction of sp³-hybridized carbons (Fsp3) is 0.867. The molecular weight excluding hydrogens is 270 g/mol. The van der Waals surface area contributed by atoms with Gasteiger partial charge in [-0.3, -0.25) is 9.79 Å². The monoisotopic (exact) mass is 299 g/mol. The molecule has 1 aliphatic heterocycles. The predicted molar refractivity (Wildman–Crippen MR) is 83.4 cm³/mol. The Bertz CT molecular complexity index is 334. The van der Waals surface area contributed by atoms with E-state index >= 15 is 0 Å². The number of hydrogen-bond acceptors (Lipinski definition) is 4. The van der Waals surface area contributed by atoms with Crippen LogP contribution in [0.2, 0.25) is 0 Å². The summed E-state index contributed by atoms with van der Waals surface area (Å²) < 4.78 is 9.85. The highest BCUT2D eigenvalue weighted by molar-refractivity contribution is 5.80. The summed E-state index contributed by atoms with van der Waals surface area (Å²) in [5.74, 6) is 1.43. The van der Waals surface area contributed by atoms with E-state index in [0.29, 0.717) is 12.3 Å². The van der Waals surface area contributed by atoms with Gasteiger partial charge in [-0.05, 0) is 26.2 Å². The number of likely N-dealkylation sites (tertiary alicyclic amines) is 1. The third kappa shape index (κ3) is 6.80. The number of ether oxygens (including phenoxy) is 2. The summed E-state index contributed by atoms with van der Waals surface area (Å²) >= 11 is 0. The molecule has 1 saturated heterocycles. The molecule has 1 N–H and O–H groups in total. The number of nitrogens with one attached hydrogen (secondary N) is 1. The maximum Gasteiger partial charge on any atom is 0.305 e. The van der Waals surface area contributed by atoms with Crippen LogP contribution in [0.25, 0.3) is 0 Å². The molecular formula is C15H29N3O3. The zero-order chi connectivity index (χ0) is 15.5. The third-order valence-electron chi connectivity index (χ3n) is 3.60. The van der Waals surface area contributed by atoms with Crippen LogP contribution < -0.4 is 5.32 Å². The van der Waals surface area contributed by atoms with Crippen LogP contribution in [0.5, 0.6) is 0 Å². The van der Waals surface area contributed by atoms with Crippen molar-refractivity contribution in [2.75, 3.05) is 47.0 Å². The number of guanidine groups is 1. The SMILES string of the molecule is CCNC(=NCCCCC(=O)OC)N1CCC(COC)C1. The molecule has 1 unspecified atom stereocenters. The molecule has 21 heavy (non-hydrogen) atoms. The average Bonchev–Trinajstić information content (AvgIpc) is 2.94. The van der Waals surface area contributed by atoms with Gasteiger partial charge < -0.3 is 19.7 Å². The Balaban J connectivity index is 2.35. The lowest BCUT2D eigenvalue weighted by molar-refractivity contribution is -0.140. The minimum Gasteiger partial charge on any atom is -0.469 e. The predicted octanol–water partition coefficient (Wildman–Crippen LogP) is 1.26. The number of carbonyl (C=O) groups excluding carboxylic acids is 1. The van der Waals surface area contributed by atoms with Gasteiger partial charge in [-0.15, -0.1) is 0 Å². The van der Waals surface area contributed by atoms with Crippen molar-refractivity contribution in [2.45, 2.75) is 32.6 Å². The van der Waals surface area contributed by atoms with E-state index in [1.165, 1.54) is 7.11 Å². The summed E-state index contributed by atoms with van der Waals surface area (Å²) in [5.41, 5.74) is 0. The van der Waals surface area contributed by atoms with Crippen LogP contribution in [0.3, 0.4) is 0 Å². The second kappa shape index (κ2) is 10.4. The van der Waals surface area contributed by atoms with Gasteiger partial charge in [-0.2, -0.15) is 0 Å². The van der Waals surface area contributed by atoms with Crippen LogP contribution in [0, 0.1) is 5.92 Å². The van der Waals surface area contributed by atoms with Crippen molar-refractivity contribution in [1.29, 1.82) is 0 Å². The van der Waals surface area contributed by atoms with Crippen molar-refractivity contribution < 1.29 is 14.3 Å². The molecule has 0 aromatic carbocycles. The quantitative estimate of drug-likeness (QED) is 0.316. The van der Waals surface area contributed by atoms with Crippen molar-refractivity contribution in [1.82, 2.24) is 10.2 Å². The maximum absolute atomic E-state index is 11.0. The second-order valence-corrected chi connectivity index (χ2v) is 5.32. The van der Waals surface area contributed by atoms with Crippen LogP contribution in [0.1, 0.15) is 32.6 Å². The minimum absolute atomic E-state index is 0.146. The van der Waals surface area contributed by atoms with E-state index in [2.05, 4.69) is 26.9 Å². The highest BCUT2D eigenvalue weighted by atomic mass is 16.5. The molecule has 0 aromatic rings. The summed E-state index contributed by atoms with van der Waals surface area (Å²) in [6.45, 7) is 6.53. The number of unbranched alkanes of at least 4 members (excludes halogenated alkanes) is 1. The van der Waals surface area contributed by atoms with Gasteiger partial charge >= 0.3 is 5.97 Å². The van der Waals surface area contributed by atoms with Crippen LogP contribution in [-0.4, -0.2) is 63.8 Å². The summed E-state index contributed by atoms with van der Waals surface area (Å²) in [6.07, 6.45) is 3.35. The van der Waals surface area contributed by atoms with Gasteiger partial charge in [0.1, 0.15) is 0 Å². The van der Waals surface area contributed by atoms with Crippen molar-refractivity contribution in [3.63, 3.8) is 0 Å². The highest BCUT2D eigenvalue weighted by Crippen LogP contribution is 2.16. The van der Waals surface area contributed by atoms with Gasteiger partial charge in [0.05, 0.1) is 13.7 Å². The minimum atomic E-state index is -0.146. The first kappa shape index (κ1) is 17.8. The molecule has 0 aromatic heterocycles. The molecule has 0 spiro atoms. The molecule has 0 amide bonds. The van der Waals surface area contributed by atoms with Gasteiger partial charge in [0, 0.05) is 45.6 Å². The number of rotatable bonds is 8. The molecule has 0 saturated carbocycles. The van der Waals surface area contributed by atoms with E-state index in [1.807, 2.05) is 0 Å². The maximum atomic E-state index is 11.0. The van der Waals surface area contributed by atoms with E-state index in [1.54, 1.807) is 7.11 Å². The number of esters is 1. The Hall–Kier alpha value is -1.30. The molecule has 0 aliphatic carbocycles. The summed E-state index contributed by atoms with van der Waals surface area (Å²) in [4.78, 5) is 18.0. The number of methoxy groups -OCH3 is 2. The normalized spacial score (nSPS) is 18.9. The summed E-state index contributed by atoms with van der Waals surface area (Å²) in [6, 6.07) is 0. The van der Waals surface area contributed by atoms with Crippen molar-refractivity contribution >= 4 is 11.9 Å². The largest absolute Gasteiger partial charge is 0.469 e. The summed E-state index contributed by atoms with van der Waals surface area (Å²) in [7, 11) is 3.18. The van der Waals surface area contributed by atoms with Crippen molar-refractivity contribution in [3.8, 4) is 0 Å². The van der Waals surface area contributed by atoms with Crippen molar-refractivity contribution in [2.24, 2.45) is 10.9 Å². The Morgan fingerprint density at radius 2 is 2.19 bits per heavy atom. The van der Waals surface area contributed by atoms with Crippen molar-refractivity contribution in [3.05, 3.63) is 0 Å². The molecule has 1 fully saturated rings. The Kier molecular flexibility index (Phi) is 8.82. The first-order chi connectivity index (χ1) is 10.2. The van der Waals surface area contributed by atoms with Crippen LogP contribution in [0.4, 0.5) is 0 Å². The first-order valence-electron chi connectivity index (χ1n) is 7.80. The number of carbonyl (C=O) groups is 1. The number of hydrogen-bond donors (Lipinski definition) is 1. The third-order valence-corrected chi connectivity index (χ3v) is 3.60. The Morgan fingerprint density at radius 1 is 1.38 bits per heavy atom. The lowest BCUT2D eigenvalue weighted by Crippen LogP contribution is -2.40. The zero-order valence-electron chi connectivity index (χ0n) is 13.6. The molecule has 122 valence electrons. The van der Waals surface area contributed by atoms with Crippen LogP contribution in [0.15, 0.2) is 4.99 Å². The average molecular weight is 299 g/mol. The van der Waals surface area contributed by atoms with Gasteiger partial charge in [0.15, 0.2) is 5.96 Å². The van der Waals surface area contributed by atoms with Gasteiger partial charge in [0.25, 0.3) is 0 Å². The van der Waals surface area contributed by atoms with Gasteiger partial charge in [-0.25, -0.2) is 0 Å². The van der Waals surface area contributed by atoms with E-state index in [9.17, 15) is 4.79 Å². The van der Waals surface area contributed by atoms with Gasteiger partial charge in [-0.1, -0.05) is 0 Å². The summed E-state index contributed by atoms with van der Waals surface area (Å²) in [5, 5.41) is 3.34. The molecule has 1 aliphatic rings. The fourth-order valence-electron chi connectivity index (χ4n) is 2.49. The fourth-order valence-corrected chi connectivity index (χ4v) is 2.49. The van der Waals surface area contributed by atoms with E-state index in [4.69, 9.17) is 4.74 Å². The molecule has 0 radical (unpaired) electrons. The number of nitrogens with zero attached hydrogens (tertiary/aromatic N) is 2. The molecule has 1 rings (SSSR count). The lowest BCUT2D eigenvalue weighted by Gasteiger charge is -2.21. The highest BCUT2D eigenvalue weighted by Gasteiger charge is 2.24. The standard InChI is InChI=1S/C15H29N3O3/c1-4-16-15(17-9-6-5-7-14(19)21-3)18-10-8-13(11-18)12-20-2/h13H,4-12H2,1-3H3,(H,16,17). The molecule has 0 bridgehead atoms. The Labute approximate surface area is 127 Å². The molecule has 6 nitrogen and oxygen atoms in total. The van der Waals surface area contributed by atoms with E-state index in [-0.39, 0.29) is 5.97 Å². The molecule has 1 heterocycles. The van der Waals surface area contributed by atoms with Crippen LogP contribution >= 0.6 is 0 Å². The van der Waals surface area contributed by atoms with Crippen LogP contribution in [-0.2, 0) is 14.3 Å². The smallest absolute Gasteiger partial charge is 0.305 e. The van der Waals surface area contributed by atoms with E-state index < -0.39 is 0 Å². The van der Waals surface area contributed by atoms with Gasteiger partial charge in [0.2, 0.25) is 0 Å². The molecule has 1 atom stereocenters. The topological polar surface area (TPSA) is 63.2 Å². The Morgan fingerprint density at radius 3 is 2.86 bits per heavy atom. The number of aliphatic imine (C=N–C) groups is 1. The zero-order valence-corrected chi connectivity index (χ0v) is 13.6.